The lowest BCUT2D eigenvalue weighted by Gasteiger charge is -1.95. The molecule has 1 heterocycles. The second-order valence-electron chi connectivity index (χ2n) is 2.16. The van der Waals surface area contributed by atoms with Crippen LogP contribution in [0.15, 0.2) is 16.5 Å². The first-order chi connectivity index (χ1) is 5.36. The molecule has 62 valence electrons. The van der Waals surface area contributed by atoms with E-state index >= 15 is 0 Å². The smallest absolute Gasteiger partial charge is 0.129 e. The summed E-state index contributed by atoms with van der Waals surface area (Å²) in [4.78, 5) is 0. The largest absolute Gasteiger partial charge is 0.461 e. The third kappa shape index (κ3) is 2.37. The Morgan fingerprint density at radius 1 is 1.45 bits per heavy atom. The highest BCUT2D eigenvalue weighted by atomic mass is 16.5. The predicted octanol–water partition coefficient (Wildman–Crippen LogP) is 1.31. The summed E-state index contributed by atoms with van der Waals surface area (Å²) in [6, 6.07) is 3.55. The minimum Gasteiger partial charge on any atom is -0.461 e. The number of furan rings is 1. The van der Waals surface area contributed by atoms with Gasteiger partial charge in [0.15, 0.2) is 0 Å². The van der Waals surface area contributed by atoms with Crippen LogP contribution in [0.3, 0.4) is 0 Å². The van der Waals surface area contributed by atoms with Gasteiger partial charge in [-0.05, 0) is 19.1 Å². The Morgan fingerprint density at radius 3 is 2.73 bits per heavy atom. The molecule has 0 aliphatic heterocycles. The maximum atomic E-state index is 8.64. The fourth-order valence-corrected chi connectivity index (χ4v) is 0.788. The lowest BCUT2D eigenvalue weighted by Crippen LogP contribution is -1.88. The SMILES string of the molecule is CCOCc1ccc(CO)o1. The van der Waals surface area contributed by atoms with Gasteiger partial charge < -0.3 is 14.3 Å². The van der Waals surface area contributed by atoms with Crippen LogP contribution in [0.5, 0.6) is 0 Å². The van der Waals surface area contributed by atoms with E-state index in [1.807, 2.05) is 6.92 Å². The molecule has 0 radical (unpaired) electrons. The van der Waals surface area contributed by atoms with Gasteiger partial charge in [0.1, 0.15) is 24.7 Å². The van der Waals surface area contributed by atoms with Gasteiger partial charge in [-0.3, -0.25) is 0 Å². The first-order valence-electron chi connectivity index (χ1n) is 3.63. The zero-order valence-corrected chi connectivity index (χ0v) is 6.54. The van der Waals surface area contributed by atoms with Crippen LogP contribution in [0.1, 0.15) is 18.4 Å². The molecule has 0 fully saturated rings. The van der Waals surface area contributed by atoms with Gasteiger partial charge in [-0.15, -0.1) is 0 Å². The average molecular weight is 156 g/mol. The highest BCUT2D eigenvalue weighted by molar-refractivity contribution is 5.05. The monoisotopic (exact) mass is 156 g/mol. The molecule has 1 rings (SSSR count). The average Bonchev–Trinajstić information content (AvgIpc) is 2.48. The van der Waals surface area contributed by atoms with Crippen molar-refractivity contribution in [1.82, 2.24) is 0 Å². The summed E-state index contributed by atoms with van der Waals surface area (Å²) in [5.74, 6) is 1.34. The molecule has 0 atom stereocenters. The van der Waals surface area contributed by atoms with E-state index in [4.69, 9.17) is 14.3 Å². The van der Waals surface area contributed by atoms with Gasteiger partial charge in [-0.2, -0.15) is 0 Å². The van der Waals surface area contributed by atoms with Crippen molar-refractivity contribution in [2.75, 3.05) is 6.61 Å². The molecule has 1 aromatic heterocycles. The lowest BCUT2D eigenvalue weighted by atomic mass is 10.4. The van der Waals surface area contributed by atoms with Crippen molar-refractivity contribution >= 4 is 0 Å². The fraction of sp³-hybridized carbons (Fsp3) is 0.500. The molecule has 0 amide bonds. The third-order valence-electron chi connectivity index (χ3n) is 1.32. The Labute approximate surface area is 65.6 Å². The first-order valence-corrected chi connectivity index (χ1v) is 3.63. The molecule has 11 heavy (non-hydrogen) atoms. The van der Waals surface area contributed by atoms with Crippen molar-refractivity contribution in [3.63, 3.8) is 0 Å². The summed E-state index contributed by atoms with van der Waals surface area (Å²) in [5, 5.41) is 8.64. The maximum Gasteiger partial charge on any atom is 0.129 e. The van der Waals surface area contributed by atoms with Crippen LogP contribution in [-0.2, 0) is 18.0 Å². The van der Waals surface area contributed by atoms with Crippen LogP contribution < -0.4 is 0 Å². The molecule has 0 saturated carbocycles. The minimum absolute atomic E-state index is 0.0495. The number of hydrogen-bond acceptors (Lipinski definition) is 3. The van der Waals surface area contributed by atoms with Gasteiger partial charge in [-0.25, -0.2) is 0 Å². The number of rotatable bonds is 4. The maximum absolute atomic E-state index is 8.64. The standard InChI is InChI=1S/C8H12O3/c1-2-10-6-8-4-3-7(5-9)11-8/h3-4,9H,2,5-6H2,1H3. The molecule has 0 aromatic carbocycles. The fourth-order valence-electron chi connectivity index (χ4n) is 0.788. The van der Waals surface area contributed by atoms with Crippen LogP contribution in [0, 0.1) is 0 Å². The molecule has 3 heteroatoms. The van der Waals surface area contributed by atoms with E-state index in [1.165, 1.54) is 0 Å². The quantitative estimate of drug-likeness (QED) is 0.714. The molecular weight excluding hydrogens is 144 g/mol. The topological polar surface area (TPSA) is 42.6 Å². The molecule has 0 saturated heterocycles. The number of ether oxygens (including phenoxy) is 1. The van der Waals surface area contributed by atoms with Gasteiger partial charge >= 0.3 is 0 Å². The van der Waals surface area contributed by atoms with E-state index in [-0.39, 0.29) is 6.61 Å². The zero-order chi connectivity index (χ0) is 8.10. The molecule has 0 unspecified atom stereocenters. The van der Waals surface area contributed by atoms with Crippen molar-refractivity contribution < 1.29 is 14.3 Å². The van der Waals surface area contributed by atoms with E-state index in [9.17, 15) is 0 Å². The van der Waals surface area contributed by atoms with Gasteiger partial charge in [0.25, 0.3) is 0 Å². The van der Waals surface area contributed by atoms with Crippen LogP contribution in [0.4, 0.5) is 0 Å². The van der Waals surface area contributed by atoms with Crippen LogP contribution >= 0.6 is 0 Å². The molecule has 1 aromatic rings. The highest BCUT2D eigenvalue weighted by Gasteiger charge is 1.99. The summed E-state index contributed by atoms with van der Waals surface area (Å²) in [7, 11) is 0. The Morgan fingerprint density at radius 2 is 2.18 bits per heavy atom. The Hall–Kier alpha value is -0.800. The number of aliphatic hydroxyl groups excluding tert-OH is 1. The van der Waals surface area contributed by atoms with Crippen molar-refractivity contribution in [2.24, 2.45) is 0 Å². The van der Waals surface area contributed by atoms with Gasteiger partial charge in [0.2, 0.25) is 0 Å². The third-order valence-corrected chi connectivity index (χ3v) is 1.32. The summed E-state index contributed by atoms with van der Waals surface area (Å²) in [6.45, 7) is 3.04. The summed E-state index contributed by atoms with van der Waals surface area (Å²) < 4.78 is 10.3. The van der Waals surface area contributed by atoms with Crippen molar-refractivity contribution in [3.8, 4) is 0 Å². The molecule has 3 nitrogen and oxygen atoms in total. The zero-order valence-electron chi connectivity index (χ0n) is 6.54. The van der Waals surface area contributed by atoms with Crippen LogP contribution in [0.25, 0.3) is 0 Å². The van der Waals surface area contributed by atoms with Gasteiger partial charge in [0.05, 0.1) is 0 Å². The Bertz CT molecular complexity index is 205. The van der Waals surface area contributed by atoms with Crippen molar-refractivity contribution in [2.45, 2.75) is 20.1 Å². The van der Waals surface area contributed by atoms with Crippen molar-refractivity contribution in [1.29, 1.82) is 0 Å². The normalized spacial score (nSPS) is 10.4. The second kappa shape index (κ2) is 4.16. The van der Waals surface area contributed by atoms with Gasteiger partial charge in [0, 0.05) is 6.61 Å². The van der Waals surface area contributed by atoms with Gasteiger partial charge in [-0.1, -0.05) is 0 Å². The first kappa shape index (κ1) is 8.30. The van der Waals surface area contributed by atoms with Crippen molar-refractivity contribution in [3.05, 3.63) is 23.7 Å². The lowest BCUT2D eigenvalue weighted by molar-refractivity contribution is 0.115. The van der Waals surface area contributed by atoms with E-state index in [0.717, 1.165) is 5.76 Å². The number of hydrogen-bond donors (Lipinski definition) is 1. The van der Waals surface area contributed by atoms with Crippen LogP contribution in [0.2, 0.25) is 0 Å². The summed E-state index contributed by atoms with van der Waals surface area (Å²) in [6.07, 6.45) is 0. The van der Waals surface area contributed by atoms with E-state index < -0.39 is 0 Å². The Kier molecular flexibility index (Phi) is 3.14. The van der Waals surface area contributed by atoms with E-state index in [0.29, 0.717) is 19.0 Å². The van der Waals surface area contributed by atoms with E-state index in [1.54, 1.807) is 12.1 Å². The molecule has 0 spiro atoms. The van der Waals surface area contributed by atoms with E-state index in [2.05, 4.69) is 0 Å². The number of aliphatic hydroxyl groups is 1. The summed E-state index contributed by atoms with van der Waals surface area (Å²) in [5.41, 5.74) is 0. The highest BCUT2D eigenvalue weighted by Crippen LogP contribution is 2.08. The predicted molar refractivity (Wildman–Crippen MR) is 40.0 cm³/mol. The molecule has 0 bridgehead atoms. The Balaban J connectivity index is 2.44. The minimum atomic E-state index is -0.0495. The molecule has 0 aliphatic carbocycles. The molecule has 1 N–H and O–H groups in total. The molecule has 0 aliphatic rings. The van der Waals surface area contributed by atoms with Crippen LogP contribution in [-0.4, -0.2) is 11.7 Å². The molecular formula is C8H12O3. The second-order valence-corrected chi connectivity index (χ2v) is 2.16. The summed E-state index contributed by atoms with van der Waals surface area (Å²) >= 11 is 0.